The Hall–Kier alpha value is -1.46. The second kappa shape index (κ2) is 6.92. The number of rotatable bonds is 5. The van der Waals surface area contributed by atoms with Crippen LogP contribution in [0.5, 0.6) is 0 Å². The quantitative estimate of drug-likeness (QED) is 0.427. The van der Waals surface area contributed by atoms with E-state index in [0.29, 0.717) is 12.8 Å². The molecule has 0 saturated heterocycles. The second-order valence-electron chi connectivity index (χ2n) is 2.90. The smallest absolute Gasteiger partial charge is 0.157 e. The minimum atomic E-state index is 0.0800. The van der Waals surface area contributed by atoms with Gasteiger partial charge < -0.3 is 0 Å². The van der Waals surface area contributed by atoms with Gasteiger partial charge >= 0.3 is 0 Å². The van der Waals surface area contributed by atoms with Gasteiger partial charge in [-0.1, -0.05) is 30.0 Å². The average molecular weight is 216 g/mol. The summed E-state index contributed by atoms with van der Waals surface area (Å²) in [6.07, 6.45) is 7.59. The number of carbonyl (C=O) groups is 1. The minimum absolute atomic E-state index is 0.0800. The van der Waals surface area contributed by atoms with Gasteiger partial charge in [-0.05, 0) is 23.6 Å². The zero-order valence-electron chi connectivity index (χ0n) is 8.35. The van der Waals surface area contributed by atoms with Crippen LogP contribution in [0, 0.1) is 12.3 Å². The first-order chi connectivity index (χ1) is 7.33. The molecule has 0 N–H and O–H groups in total. The molecule has 0 atom stereocenters. The molecule has 0 aliphatic heterocycles. The van der Waals surface area contributed by atoms with Gasteiger partial charge in [0.05, 0.1) is 0 Å². The molecule has 0 amide bonds. The molecule has 1 aromatic carbocycles. The third kappa shape index (κ3) is 5.09. The summed E-state index contributed by atoms with van der Waals surface area (Å²) in [6, 6.07) is 9.90. The van der Waals surface area contributed by atoms with Crippen LogP contribution in [0.25, 0.3) is 0 Å². The van der Waals surface area contributed by atoms with E-state index in [2.05, 4.69) is 5.92 Å². The van der Waals surface area contributed by atoms with Gasteiger partial charge in [0.2, 0.25) is 0 Å². The Balaban J connectivity index is 2.34. The van der Waals surface area contributed by atoms with E-state index < -0.39 is 0 Å². The highest BCUT2D eigenvalue weighted by Gasteiger charge is 1.94. The first-order valence-electron chi connectivity index (χ1n) is 4.67. The van der Waals surface area contributed by atoms with Crippen LogP contribution in [0.2, 0.25) is 0 Å². The lowest BCUT2D eigenvalue weighted by Gasteiger charge is -1.93. The Morgan fingerprint density at radius 2 is 2.13 bits per heavy atom. The summed E-state index contributed by atoms with van der Waals surface area (Å²) in [5, 5.41) is 1.80. The number of thioether (sulfide) groups is 1. The van der Waals surface area contributed by atoms with E-state index in [1.54, 1.807) is 11.5 Å². The van der Waals surface area contributed by atoms with Crippen molar-refractivity contribution in [3.8, 4) is 12.3 Å². The van der Waals surface area contributed by atoms with Crippen LogP contribution in [-0.4, -0.2) is 5.78 Å². The molecule has 0 heterocycles. The van der Waals surface area contributed by atoms with Crippen molar-refractivity contribution in [2.24, 2.45) is 0 Å². The third-order valence-electron chi connectivity index (χ3n) is 1.72. The molecule has 15 heavy (non-hydrogen) atoms. The molecule has 0 aliphatic rings. The SMILES string of the molecule is C#CCCC(=O)/C=C/Sc1ccccc1. The Morgan fingerprint density at radius 3 is 2.80 bits per heavy atom. The first-order valence-corrected chi connectivity index (χ1v) is 5.55. The van der Waals surface area contributed by atoms with Gasteiger partial charge in [0, 0.05) is 17.7 Å². The van der Waals surface area contributed by atoms with Gasteiger partial charge in [0.15, 0.2) is 5.78 Å². The topological polar surface area (TPSA) is 17.1 Å². The van der Waals surface area contributed by atoms with E-state index in [-0.39, 0.29) is 5.78 Å². The summed E-state index contributed by atoms with van der Waals surface area (Å²) in [7, 11) is 0. The summed E-state index contributed by atoms with van der Waals surface area (Å²) in [5.41, 5.74) is 0. The average Bonchev–Trinajstić information content (AvgIpc) is 2.28. The van der Waals surface area contributed by atoms with Gasteiger partial charge in [-0.15, -0.1) is 12.3 Å². The minimum Gasteiger partial charge on any atom is -0.295 e. The second-order valence-corrected chi connectivity index (χ2v) is 3.88. The first kappa shape index (κ1) is 11.6. The lowest BCUT2D eigenvalue weighted by Crippen LogP contribution is -1.89. The molecule has 0 bridgehead atoms. The molecule has 0 fully saturated rings. The molecule has 2 heteroatoms. The molecule has 1 aromatic rings. The molecule has 1 rings (SSSR count). The standard InChI is InChI=1S/C13H12OS/c1-2-3-7-12(14)10-11-15-13-8-5-4-6-9-13/h1,4-6,8-11H,3,7H2/b11-10+. The number of allylic oxidation sites excluding steroid dienone is 1. The predicted molar refractivity (Wildman–Crippen MR) is 64.5 cm³/mol. The van der Waals surface area contributed by atoms with Crippen LogP contribution >= 0.6 is 11.8 Å². The van der Waals surface area contributed by atoms with Gasteiger partial charge in [0.1, 0.15) is 0 Å². The van der Waals surface area contributed by atoms with Crippen LogP contribution < -0.4 is 0 Å². The summed E-state index contributed by atoms with van der Waals surface area (Å²) in [6.45, 7) is 0. The molecular formula is C13H12OS. The monoisotopic (exact) mass is 216 g/mol. The number of carbonyl (C=O) groups excluding carboxylic acids is 1. The number of ketones is 1. The Morgan fingerprint density at radius 1 is 1.40 bits per heavy atom. The lowest BCUT2D eigenvalue weighted by atomic mass is 10.2. The van der Waals surface area contributed by atoms with Crippen molar-refractivity contribution in [3.05, 3.63) is 41.8 Å². The highest BCUT2D eigenvalue weighted by Crippen LogP contribution is 2.17. The van der Waals surface area contributed by atoms with E-state index >= 15 is 0 Å². The summed E-state index contributed by atoms with van der Waals surface area (Å²) in [4.78, 5) is 12.3. The van der Waals surface area contributed by atoms with Crippen LogP contribution in [0.4, 0.5) is 0 Å². The van der Waals surface area contributed by atoms with E-state index in [1.165, 1.54) is 11.8 Å². The predicted octanol–water partition coefficient (Wildman–Crippen LogP) is 3.27. The number of hydrogen-bond acceptors (Lipinski definition) is 2. The molecule has 0 saturated carbocycles. The van der Waals surface area contributed by atoms with E-state index in [9.17, 15) is 4.79 Å². The molecule has 0 radical (unpaired) electrons. The Bertz CT molecular complexity index is 373. The van der Waals surface area contributed by atoms with Crippen molar-refractivity contribution < 1.29 is 4.79 Å². The summed E-state index contributed by atoms with van der Waals surface area (Å²) < 4.78 is 0. The van der Waals surface area contributed by atoms with Gasteiger partial charge in [0.25, 0.3) is 0 Å². The molecule has 76 valence electrons. The number of benzene rings is 1. The maximum atomic E-state index is 11.2. The zero-order valence-corrected chi connectivity index (χ0v) is 9.17. The Labute approximate surface area is 94.6 Å². The largest absolute Gasteiger partial charge is 0.295 e. The highest BCUT2D eigenvalue weighted by atomic mass is 32.2. The van der Waals surface area contributed by atoms with Crippen LogP contribution in [-0.2, 0) is 4.79 Å². The van der Waals surface area contributed by atoms with Crippen LogP contribution in [0.15, 0.2) is 46.7 Å². The maximum absolute atomic E-state index is 11.2. The van der Waals surface area contributed by atoms with E-state index in [4.69, 9.17) is 6.42 Å². The molecule has 0 spiro atoms. The summed E-state index contributed by atoms with van der Waals surface area (Å²) >= 11 is 1.53. The molecule has 0 aliphatic carbocycles. The van der Waals surface area contributed by atoms with Gasteiger partial charge in [-0.2, -0.15) is 0 Å². The van der Waals surface area contributed by atoms with Crippen LogP contribution in [0.3, 0.4) is 0 Å². The summed E-state index contributed by atoms with van der Waals surface area (Å²) in [5.74, 6) is 2.53. The van der Waals surface area contributed by atoms with E-state index in [0.717, 1.165) is 4.90 Å². The van der Waals surface area contributed by atoms with Crippen molar-refractivity contribution in [1.82, 2.24) is 0 Å². The van der Waals surface area contributed by atoms with E-state index in [1.807, 2.05) is 30.3 Å². The number of hydrogen-bond donors (Lipinski definition) is 0. The fraction of sp³-hybridized carbons (Fsp3) is 0.154. The van der Waals surface area contributed by atoms with Crippen molar-refractivity contribution in [3.63, 3.8) is 0 Å². The van der Waals surface area contributed by atoms with Crippen molar-refractivity contribution in [2.45, 2.75) is 17.7 Å². The maximum Gasteiger partial charge on any atom is 0.157 e. The zero-order chi connectivity index (χ0) is 10.9. The van der Waals surface area contributed by atoms with Crippen molar-refractivity contribution in [1.29, 1.82) is 0 Å². The highest BCUT2D eigenvalue weighted by molar-refractivity contribution is 8.02. The Kier molecular flexibility index (Phi) is 5.35. The fourth-order valence-electron chi connectivity index (χ4n) is 0.966. The van der Waals surface area contributed by atoms with Crippen molar-refractivity contribution in [2.75, 3.05) is 0 Å². The van der Waals surface area contributed by atoms with Crippen LogP contribution in [0.1, 0.15) is 12.8 Å². The van der Waals surface area contributed by atoms with Gasteiger partial charge in [-0.25, -0.2) is 0 Å². The lowest BCUT2D eigenvalue weighted by molar-refractivity contribution is -0.114. The normalized spacial score (nSPS) is 10.1. The molecule has 0 unspecified atom stereocenters. The molecule has 0 aromatic heterocycles. The van der Waals surface area contributed by atoms with Gasteiger partial charge in [-0.3, -0.25) is 4.79 Å². The van der Waals surface area contributed by atoms with Crippen molar-refractivity contribution >= 4 is 17.5 Å². The fourth-order valence-corrected chi connectivity index (χ4v) is 1.66. The third-order valence-corrected chi connectivity index (χ3v) is 2.53. The molecular weight excluding hydrogens is 204 g/mol. The molecule has 1 nitrogen and oxygen atoms in total. The number of terminal acetylenes is 1.